The first-order valence-electron chi connectivity index (χ1n) is 6.78. The Kier molecular flexibility index (Phi) is 4.94. The summed E-state index contributed by atoms with van der Waals surface area (Å²) in [6.07, 6.45) is 4.71. The highest BCUT2D eigenvalue weighted by Gasteiger charge is 2.22. The molecule has 4 heteroatoms. The van der Waals surface area contributed by atoms with Crippen LogP contribution in [-0.2, 0) is 6.61 Å². The number of aliphatic hydroxyl groups excluding tert-OH is 1. The average molecular weight is 285 g/mol. The monoisotopic (exact) mass is 284 g/mol. The minimum Gasteiger partial charge on any atom is -0.493 e. The molecular weight excluding hydrogens is 264 g/mol. The second-order valence-electron chi connectivity index (χ2n) is 5.27. The first-order chi connectivity index (χ1) is 9.13. The van der Waals surface area contributed by atoms with Gasteiger partial charge in [0, 0.05) is 0 Å². The predicted octanol–water partition coefficient (Wildman–Crippen LogP) is 3.80. The van der Waals surface area contributed by atoms with Gasteiger partial charge in [0.1, 0.15) is 0 Å². The van der Waals surface area contributed by atoms with E-state index in [1.165, 1.54) is 12.8 Å². The van der Waals surface area contributed by atoms with E-state index < -0.39 is 0 Å². The van der Waals surface area contributed by atoms with Crippen molar-refractivity contribution in [1.82, 2.24) is 0 Å². The summed E-state index contributed by atoms with van der Waals surface area (Å²) >= 11 is 6.22. The quantitative estimate of drug-likeness (QED) is 0.914. The van der Waals surface area contributed by atoms with Gasteiger partial charge in [-0.25, -0.2) is 0 Å². The van der Waals surface area contributed by atoms with Crippen LogP contribution >= 0.6 is 11.6 Å². The molecule has 0 atom stereocenters. The van der Waals surface area contributed by atoms with Crippen LogP contribution in [0.15, 0.2) is 12.1 Å². The van der Waals surface area contributed by atoms with Crippen LogP contribution in [0.4, 0.5) is 0 Å². The minimum absolute atomic E-state index is 0.0582. The molecule has 0 heterocycles. The van der Waals surface area contributed by atoms with Gasteiger partial charge in [-0.1, -0.05) is 18.5 Å². The maximum Gasteiger partial charge on any atom is 0.180 e. The van der Waals surface area contributed by atoms with Crippen LogP contribution in [0.3, 0.4) is 0 Å². The first kappa shape index (κ1) is 14.5. The summed E-state index contributed by atoms with van der Waals surface area (Å²) < 4.78 is 11.3. The lowest BCUT2D eigenvalue weighted by Crippen LogP contribution is -2.23. The van der Waals surface area contributed by atoms with Gasteiger partial charge in [0.2, 0.25) is 0 Å². The smallest absolute Gasteiger partial charge is 0.180 e. The molecule has 1 fully saturated rings. The van der Waals surface area contributed by atoms with Crippen molar-refractivity contribution in [3.8, 4) is 11.5 Å². The first-order valence-corrected chi connectivity index (χ1v) is 7.15. The molecule has 3 nitrogen and oxygen atoms in total. The van der Waals surface area contributed by atoms with Crippen molar-refractivity contribution < 1.29 is 14.6 Å². The van der Waals surface area contributed by atoms with Crippen molar-refractivity contribution in [1.29, 1.82) is 0 Å². The van der Waals surface area contributed by atoms with Crippen LogP contribution in [0.2, 0.25) is 5.02 Å². The molecule has 1 aromatic carbocycles. The molecule has 1 aliphatic rings. The van der Waals surface area contributed by atoms with Crippen molar-refractivity contribution >= 4 is 11.6 Å². The highest BCUT2D eigenvalue weighted by molar-refractivity contribution is 6.32. The SMILES string of the molecule is COc1cc(CO)cc(Cl)c1OC1CCC(C)CC1. The van der Waals surface area contributed by atoms with Crippen molar-refractivity contribution in [3.63, 3.8) is 0 Å². The number of benzene rings is 1. The lowest BCUT2D eigenvalue weighted by molar-refractivity contribution is 0.131. The van der Waals surface area contributed by atoms with Crippen molar-refractivity contribution in [2.75, 3.05) is 7.11 Å². The Bertz CT molecular complexity index is 426. The molecule has 0 amide bonds. The minimum atomic E-state index is -0.0582. The normalized spacial score (nSPS) is 23.2. The molecule has 0 aliphatic heterocycles. The van der Waals surface area contributed by atoms with Crippen LogP contribution < -0.4 is 9.47 Å². The number of methoxy groups -OCH3 is 1. The summed E-state index contributed by atoms with van der Waals surface area (Å²) in [6, 6.07) is 3.50. The number of aliphatic hydroxyl groups is 1. The standard InChI is InChI=1S/C15H21ClO3/c1-10-3-5-12(6-4-10)19-15-13(16)7-11(9-17)8-14(15)18-2/h7-8,10,12,17H,3-6,9H2,1-2H3. The van der Waals surface area contributed by atoms with E-state index in [1.807, 2.05) is 0 Å². The summed E-state index contributed by atoms with van der Waals surface area (Å²) in [5, 5.41) is 9.67. The van der Waals surface area contributed by atoms with E-state index in [4.69, 9.17) is 26.2 Å². The molecule has 19 heavy (non-hydrogen) atoms. The second-order valence-corrected chi connectivity index (χ2v) is 5.67. The summed E-state index contributed by atoms with van der Waals surface area (Å²) in [5.41, 5.74) is 0.728. The molecule has 1 aliphatic carbocycles. The zero-order valence-corrected chi connectivity index (χ0v) is 12.2. The van der Waals surface area contributed by atoms with E-state index in [0.717, 1.165) is 24.3 Å². The second kappa shape index (κ2) is 6.49. The summed E-state index contributed by atoms with van der Waals surface area (Å²) in [6.45, 7) is 2.22. The summed E-state index contributed by atoms with van der Waals surface area (Å²) in [4.78, 5) is 0. The third-order valence-corrected chi connectivity index (χ3v) is 4.00. The Morgan fingerprint density at radius 1 is 1.26 bits per heavy atom. The van der Waals surface area contributed by atoms with E-state index in [1.54, 1.807) is 19.2 Å². The molecular formula is C15H21ClO3. The Hall–Kier alpha value is -0.930. The van der Waals surface area contributed by atoms with E-state index in [2.05, 4.69) is 6.92 Å². The number of hydrogen-bond donors (Lipinski definition) is 1. The van der Waals surface area contributed by atoms with E-state index >= 15 is 0 Å². The van der Waals surface area contributed by atoms with Gasteiger partial charge in [0.05, 0.1) is 24.8 Å². The third-order valence-electron chi connectivity index (χ3n) is 3.72. The molecule has 106 valence electrons. The molecule has 0 spiro atoms. The molecule has 0 unspecified atom stereocenters. The van der Waals surface area contributed by atoms with Gasteiger partial charge < -0.3 is 14.6 Å². The zero-order valence-electron chi connectivity index (χ0n) is 11.5. The number of rotatable bonds is 4. The Balaban J connectivity index is 2.15. The molecule has 0 saturated heterocycles. The van der Waals surface area contributed by atoms with Crippen molar-refractivity contribution in [2.45, 2.75) is 45.3 Å². The largest absolute Gasteiger partial charge is 0.493 e. The van der Waals surface area contributed by atoms with Gasteiger partial charge in [-0.15, -0.1) is 0 Å². The Morgan fingerprint density at radius 3 is 2.53 bits per heavy atom. The molecule has 0 radical (unpaired) electrons. The van der Waals surface area contributed by atoms with Crippen LogP contribution in [0.25, 0.3) is 0 Å². The maximum atomic E-state index is 9.17. The third kappa shape index (κ3) is 3.54. The molecule has 1 N–H and O–H groups in total. The van der Waals surface area contributed by atoms with Crippen molar-refractivity contribution in [2.24, 2.45) is 5.92 Å². The number of ether oxygens (including phenoxy) is 2. The van der Waals surface area contributed by atoms with Gasteiger partial charge in [-0.3, -0.25) is 0 Å². The van der Waals surface area contributed by atoms with Gasteiger partial charge in [-0.2, -0.15) is 0 Å². The maximum absolute atomic E-state index is 9.17. The summed E-state index contributed by atoms with van der Waals surface area (Å²) in [5.74, 6) is 1.98. The van der Waals surface area contributed by atoms with Crippen LogP contribution in [0.1, 0.15) is 38.2 Å². The Morgan fingerprint density at radius 2 is 1.95 bits per heavy atom. The fraction of sp³-hybridized carbons (Fsp3) is 0.600. The molecule has 2 rings (SSSR count). The molecule has 0 aromatic heterocycles. The molecule has 1 saturated carbocycles. The van der Waals surface area contributed by atoms with E-state index in [-0.39, 0.29) is 12.7 Å². The van der Waals surface area contributed by atoms with Gasteiger partial charge in [0.25, 0.3) is 0 Å². The number of halogens is 1. The predicted molar refractivity (Wildman–Crippen MR) is 76.0 cm³/mol. The molecule has 1 aromatic rings. The van der Waals surface area contributed by atoms with Crippen LogP contribution in [0, 0.1) is 5.92 Å². The van der Waals surface area contributed by atoms with Gasteiger partial charge in [-0.05, 0) is 49.3 Å². The topological polar surface area (TPSA) is 38.7 Å². The Labute approximate surface area is 119 Å². The van der Waals surface area contributed by atoms with E-state index in [9.17, 15) is 0 Å². The lowest BCUT2D eigenvalue weighted by atomic mass is 9.89. The van der Waals surface area contributed by atoms with Crippen LogP contribution in [0.5, 0.6) is 11.5 Å². The molecule has 0 bridgehead atoms. The van der Waals surface area contributed by atoms with Crippen molar-refractivity contribution in [3.05, 3.63) is 22.7 Å². The summed E-state index contributed by atoms with van der Waals surface area (Å²) in [7, 11) is 1.59. The van der Waals surface area contributed by atoms with Gasteiger partial charge in [0.15, 0.2) is 11.5 Å². The fourth-order valence-electron chi connectivity index (χ4n) is 2.49. The van der Waals surface area contributed by atoms with E-state index in [0.29, 0.717) is 16.5 Å². The van der Waals surface area contributed by atoms with Crippen LogP contribution in [-0.4, -0.2) is 18.3 Å². The van der Waals surface area contributed by atoms with Gasteiger partial charge >= 0.3 is 0 Å². The highest BCUT2D eigenvalue weighted by atomic mass is 35.5. The fourth-order valence-corrected chi connectivity index (χ4v) is 2.77. The zero-order chi connectivity index (χ0) is 13.8. The lowest BCUT2D eigenvalue weighted by Gasteiger charge is -2.28. The average Bonchev–Trinajstić information content (AvgIpc) is 2.43. The number of hydrogen-bond acceptors (Lipinski definition) is 3. The highest BCUT2D eigenvalue weighted by Crippen LogP contribution is 2.39.